The van der Waals surface area contributed by atoms with Crippen molar-refractivity contribution in [2.45, 2.75) is 32.2 Å². The molecule has 2 aliphatic heterocycles. The lowest BCUT2D eigenvalue weighted by atomic mass is 9.77. The minimum Gasteiger partial charge on any atom is -0.409 e. The second-order valence-electron chi connectivity index (χ2n) is 5.57. The number of rotatable bonds is 4. The van der Waals surface area contributed by atoms with Crippen molar-refractivity contribution in [3.05, 3.63) is 0 Å². The molecule has 2 atom stereocenters. The van der Waals surface area contributed by atoms with E-state index in [0.717, 1.165) is 13.0 Å². The Kier molecular flexibility index (Phi) is 4.82. The summed E-state index contributed by atoms with van der Waals surface area (Å²) in [6, 6.07) is 0.0104. The summed E-state index contributed by atoms with van der Waals surface area (Å²) in [6.45, 7) is 4.25. The molecular weight excluding hydrogens is 262 g/mol. The van der Waals surface area contributed by atoms with E-state index in [1.54, 1.807) is 0 Å². The second-order valence-corrected chi connectivity index (χ2v) is 5.57. The Hall–Kier alpha value is -1.34. The summed E-state index contributed by atoms with van der Waals surface area (Å²) < 4.78 is 10.6. The Morgan fingerprint density at radius 3 is 2.65 bits per heavy atom. The minimum atomic E-state index is -0.958. The highest BCUT2D eigenvalue weighted by Gasteiger charge is 2.45. The molecule has 4 N–H and O–H groups in total. The first-order valence-electron chi connectivity index (χ1n) is 7.04. The van der Waals surface area contributed by atoms with Crippen LogP contribution in [0.5, 0.6) is 0 Å². The fraction of sp³-hybridized carbons (Fsp3) is 0.846. The molecule has 0 aromatic rings. The summed E-state index contributed by atoms with van der Waals surface area (Å²) in [6.07, 6.45) is 1.81. The van der Waals surface area contributed by atoms with E-state index in [4.69, 9.17) is 20.4 Å². The molecule has 7 heteroatoms. The van der Waals surface area contributed by atoms with Crippen LogP contribution >= 0.6 is 0 Å². The van der Waals surface area contributed by atoms with Crippen molar-refractivity contribution in [3.8, 4) is 0 Å². The Balaban J connectivity index is 2.06. The van der Waals surface area contributed by atoms with Gasteiger partial charge in [0.25, 0.3) is 0 Å². The highest BCUT2D eigenvalue weighted by Crippen LogP contribution is 2.32. The number of carbonyl (C=O) groups is 1. The molecule has 0 saturated carbocycles. The maximum absolute atomic E-state index is 12.6. The molecule has 0 bridgehead atoms. The standard InChI is InChI=1S/C13H23N3O4/c1-9(10-2-5-20-8-10)15-12(17)13(11(14)16-18)3-6-19-7-4-13/h9-10,18H,2-8H2,1H3,(H2,14,16)(H,15,17). The molecule has 2 heterocycles. The van der Waals surface area contributed by atoms with Crippen LogP contribution in [-0.2, 0) is 14.3 Å². The first-order valence-corrected chi connectivity index (χ1v) is 7.04. The number of amides is 1. The average molecular weight is 285 g/mol. The maximum Gasteiger partial charge on any atom is 0.234 e. The number of hydrogen-bond donors (Lipinski definition) is 3. The molecule has 0 spiro atoms. The smallest absolute Gasteiger partial charge is 0.234 e. The molecular formula is C13H23N3O4. The van der Waals surface area contributed by atoms with E-state index in [2.05, 4.69) is 10.5 Å². The van der Waals surface area contributed by atoms with Crippen molar-refractivity contribution in [2.75, 3.05) is 26.4 Å². The van der Waals surface area contributed by atoms with E-state index >= 15 is 0 Å². The molecule has 0 aromatic heterocycles. The minimum absolute atomic E-state index is 0.0104. The number of hydrogen-bond acceptors (Lipinski definition) is 5. The van der Waals surface area contributed by atoms with E-state index in [-0.39, 0.29) is 17.8 Å². The van der Waals surface area contributed by atoms with Crippen LogP contribution in [0.2, 0.25) is 0 Å². The quantitative estimate of drug-likeness (QED) is 0.293. The first kappa shape index (κ1) is 15.1. The zero-order chi connectivity index (χ0) is 14.6. The number of oxime groups is 1. The van der Waals surface area contributed by atoms with E-state index in [9.17, 15) is 4.79 Å². The fourth-order valence-corrected chi connectivity index (χ4v) is 2.82. The first-order chi connectivity index (χ1) is 9.60. The van der Waals surface area contributed by atoms with Gasteiger partial charge in [0.2, 0.25) is 5.91 Å². The van der Waals surface area contributed by atoms with Crippen LogP contribution in [0.3, 0.4) is 0 Å². The lowest BCUT2D eigenvalue weighted by molar-refractivity contribution is -0.132. The summed E-state index contributed by atoms with van der Waals surface area (Å²) >= 11 is 0. The van der Waals surface area contributed by atoms with Crippen LogP contribution in [0.1, 0.15) is 26.2 Å². The number of nitrogens with zero attached hydrogens (tertiary/aromatic N) is 1. The van der Waals surface area contributed by atoms with Gasteiger partial charge in [-0.2, -0.15) is 0 Å². The molecule has 0 aromatic carbocycles. The largest absolute Gasteiger partial charge is 0.409 e. The third kappa shape index (κ3) is 2.88. The Labute approximate surface area is 118 Å². The number of carbonyl (C=O) groups excluding carboxylic acids is 1. The molecule has 1 amide bonds. The molecule has 20 heavy (non-hydrogen) atoms. The average Bonchev–Trinajstić information content (AvgIpc) is 3.01. The van der Waals surface area contributed by atoms with Crippen molar-refractivity contribution in [1.29, 1.82) is 0 Å². The van der Waals surface area contributed by atoms with Crippen LogP contribution in [0, 0.1) is 11.3 Å². The molecule has 2 fully saturated rings. The SMILES string of the molecule is CC(NC(=O)C1(C(N)=NO)CCOCC1)C1CCOC1. The van der Waals surface area contributed by atoms with E-state index in [1.165, 1.54) is 0 Å². The predicted molar refractivity (Wildman–Crippen MR) is 72.4 cm³/mol. The number of nitrogens with two attached hydrogens (primary N) is 1. The molecule has 2 saturated heterocycles. The van der Waals surface area contributed by atoms with Crippen molar-refractivity contribution < 1.29 is 19.5 Å². The van der Waals surface area contributed by atoms with Gasteiger partial charge in [0.15, 0.2) is 5.84 Å². The highest BCUT2D eigenvalue weighted by atomic mass is 16.5. The van der Waals surface area contributed by atoms with Crippen LogP contribution in [0.4, 0.5) is 0 Å². The van der Waals surface area contributed by atoms with Gasteiger partial charge in [0.1, 0.15) is 5.41 Å². The molecule has 0 radical (unpaired) electrons. The number of amidine groups is 1. The van der Waals surface area contributed by atoms with Gasteiger partial charge in [0.05, 0.1) is 6.61 Å². The molecule has 2 aliphatic rings. The van der Waals surface area contributed by atoms with Crippen LogP contribution in [0.25, 0.3) is 0 Å². The summed E-state index contributed by atoms with van der Waals surface area (Å²) in [7, 11) is 0. The predicted octanol–water partition coefficient (Wildman–Crippen LogP) is 0.0708. The van der Waals surface area contributed by atoms with Crippen molar-refractivity contribution in [1.82, 2.24) is 5.32 Å². The topological polar surface area (TPSA) is 106 Å². The van der Waals surface area contributed by atoms with Crippen molar-refractivity contribution in [3.63, 3.8) is 0 Å². The number of nitrogens with one attached hydrogen (secondary N) is 1. The van der Waals surface area contributed by atoms with E-state index in [0.29, 0.717) is 38.6 Å². The molecule has 0 aliphatic carbocycles. The Morgan fingerprint density at radius 2 is 2.10 bits per heavy atom. The van der Waals surface area contributed by atoms with E-state index in [1.807, 2.05) is 6.92 Å². The normalized spacial score (nSPS) is 28.1. The Morgan fingerprint density at radius 1 is 1.40 bits per heavy atom. The summed E-state index contributed by atoms with van der Waals surface area (Å²) in [5, 5.41) is 15.0. The lowest BCUT2D eigenvalue weighted by Gasteiger charge is -2.35. The molecule has 2 rings (SSSR count). The fourth-order valence-electron chi connectivity index (χ4n) is 2.82. The van der Waals surface area contributed by atoms with Gasteiger partial charge >= 0.3 is 0 Å². The maximum atomic E-state index is 12.6. The Bertz CT molecular complexity index is 374. The zero-order valence-corrected chi connectivity index (χ0v) is 11.8. The lowest BCUT2D eigenvalue weighted by Crippen LogP contribution is -2.55. The highest BCUT2D eigenvalue weighted by molar-refractivity contribution is 6.06. The van der Waals surface area contributed by atoms with Gasteiger partial charge in [-0.15, -0.1) is 0 Å². The summed E-state index contributed by atoms with van der Waals surface area (Å²) in [4.78, 5) is 12.6. The van der Waals surface area contributed by atoms with Gasteiger partial charge in [-0.25, -0.2) is 0 Å². The van der Waals surface area contributed by atoms with Crippen LogP contribution < -0.4 is 11.1 Å². The van der Waals surface area contributed by atoms with Gasteiger partial charge in [-0.3, -0.25) is 4.79 Å². The van der Waals surface area contributed by atoms with Crippen LogP contribution in [0.15, 0.2) is 5.16 Å². The van der Waals surface area contributed by atoms with Gasteiger partial charge < -0.3 is 25.7 Å². The monoisotopic (exact) mass is 285 g/mol. The van der Waals surface area contributed by atoms with Crippen molar-refractivity contribution in [2.24, 2.45) is 22.2 Å². The third-order valence-electron chi connectivity index (χ3n) is 4.41. The summed E-state index contributed by atoms with van der Waals surface area (Å²) in [5.41, 5.74) is 4.81. The molecule has 7 nitrogen and oxygen atoms in total. The third-order valence-corrected chi connectivity index (χ3v) is 4.41. The van der Waals surface area contributed by atoms with Gasteiger partial charge in [0, 0.05) is 31.8 Å². The summed E-state index contributed by atoms with van der Waals surface area (Å²) in [5.74, 6) is 0.104. The van der Waals surface area contributed by atoms with Gasteiger partial charge in [-0.05, 0) is 26.2 Å². The van der Waals surface area contributed by atoms with Crippen LogP contribution in [-0.4, -0.2) is 49.4 Å². The van der Waals surface area contributed by atoms with Gasteiger partial charge in [-0.1, -0.05) is 5.16 Å². The molecule has 2 unspecified atom stereocenters. The molecule has 114 valence electrons. The number of ether oxygens (including phenoxy) is 2. The van der Waals surface area contributed by atoms with E-state index < -0.39 is 5.41 Å². The zero-order valence-electron chi connectivity index (χ0n) is 11.8. The second kappa shape index (κ2) is 6.41. The van der Waals surface area contributed by atoms with Crippen molar-refractivity contribution >= 4 is 11.7 Å².